The Hall–Kier alpha value is -2.15. The molecule has 7 nitrogen and oxygen atoms in total. The third kappa shape index (κ3) is 3.72. The van der Waals surface area contributed by atoms with Gasteiger partial charge in [0.1, 0.15) is 0 Å². The van der Waals surface area contributed by atoms with E-state index in [1.165, 1.54) is 0 Å². The zero-order chi connectivity index (χ0) is 20.6. The largest absolute Gasteiger partial charge is 0.759 e. The molecule has 1 heterocycles. The Bertz CT molecular complexity index is 956. The van der Waals surface area contributed by atoms with Gasteiger partial charge in [-0.1, -0.05) is 42.5 Å². The third-order valence-electron chi connectivity index (χ3n) is 3.96. The third-order valence-corrected chi connectivity index (χ3v) is 6.74. The van der Waals surface area contributed by atoms with Crippen LogP contribution >= 0.6 is 0 Å². The predicted molar refractivity (Wildman–Crippen MR) is 91.0 cm³/mol. The molecular formula is C16H13F3NO6S2-. The lowest BCUT2D eigenvalue weighted by atomic mass is 10.0. The van der Waals surface area contributed by atoms with Crippen molar-refractivity contribution in [3.8, 4) is 11.5 Å². The first-order valence-corrected chi connectivity index (χ1v) is 10.2. The van der Waals surface area contributed by atoms with Crippen LogP contribution < -0.4 is 9.47 Å². The summed E-state index contributed by atoms with van der Waals surface area (Å²) in [7, 11) is -6.10. The monoisotopic (exact) mass is 436 g/mol. The first-order valence-electron chi connectivity index (χ1n) is 7.78. The molecule has 152 valence electrons. The fourth-order valence-electron chi connectivity index (χ4n) is 2.68. The lowest BCUT2D eigenvalue weighted by Crippen LogP contribution is -2.45. The Balaban J connectivity index is 1.95. The summed E-state index contributed by atoms with van der Waals surface area (Å²) in [5, 5.41) is 0. The van der Waals surface area contributed by atoms with E-state index in [9.17, 15) is 30.4 Å². The van der Waals surface area contributed by atoms with Crippen LogP contribution in [-0.2, 0) is 27.1 Å². The van der Waals surface area contributed by atoms with E-state index in [-0.39, 0.29) is 0 Å². The summed E-state index contributed by atoms with van der Waals surface area (Å²) in [6, 6.07) is 14.5. The van der Waals surface area contributed by atoms with Gasteiger partial charge < -0.3 is 14.0 Å². The molecule has 1 aliphatic heterocycles. The topological polar surface area (TPSA) is 96.0 Å². The summed E-state index contributed by atoms with van der Waals surface area (Å²) in [6.45, 7) is -1.04. The number of rotatable bonds is 6. The van der Waals surface area contributed by atoms with E-state index in [1.54, 1.807) is 54.6 Å². The number of fused-ring (bicyclic) bond motifs is 1. The van der Waals surface area contributed by atoms with Crippen LogP contribution in [0.15, 0.2) is 54.6 Å². The highest BCUT2D eigenvalue weighted by molar-refractivity contribution is 7.99. The molecule has 0 N–H and O–H groups in total. The maximum atomic E-state index is 12.8. The van der Waals surface area contributed by atoms with E-state index >= 15 is 0 Å². The number of benzene rings is 2. The van der Waals surface area contributed by atoms with Crippen molar-refractivity contribution in [1.29, 1.82) is 0 Å². The lowest BCUT2D eigenvalue weighted by Gasteiger charge is -2.31. The summed E-state index contributed by atoms with van der Waals surface area (Å²) >= 11 is -3.68. The summed E-state index contributed by atoms with van der Waals surface area (Å²) in [6.07, 6.45) is -0.519. The Labute approximate surface area is 161 Å². The number of alkyl halides is 3. The fourth-order valence-corrected chi connectivity index (χ4v) is 4.38. The van der Waals surface area contributed by atoms with Crippen molar-refractivity contribution in [2.24, 2.45) is 0 Å². The minimum atomic E-state index is -6.10. The number of nitrogens with zero attached hydrogens (tertiary/aromatic N) is 1. The van der Waals surface area contributed by atoms with E-state index in [4.69, 9.17) is 9.47 Å². The van der Waals surface area contributed by atoms with Crippen LogP contribution in [0.5, 0.6) is 11.5 Å². The zero-order valence-electron chi connectivity index (χ0n) is 14.0. The highest BCUT2D eigenvalue weighted by Crippen LogP contribution is 2.46. The van der Waals surface area contributed by atoms with Crippen molar-refractivity contribution in [3.05, 3.63) is 60.2 Å². The minimum Gasteiger partial charge on any atom is -0.759 e. The molecule has 1 unspecified atom stereocenters. The van der Waals surface area contributed by atoms with Crippen LogP contribution in [0.25, 0.3) is 0 Å². The first kappa shape index (κ1) is 20.6. The predicted octanol–water partition coefficient (Wildman–Crippen LogP) is 2.65. The van der Waals surface area contributed by atoms with Gasteiger partial charge in [-0.05, 0) is 12.1 Å². The first-order chi connectivity index (χ1) is 13.1. The Morgan fingerprint density at radius 3 is 1.96 bits per heavy atom. The molecule has 0 aromatic heterocycles. The summed E-state index contributed by atoms with van der Waals surface area (Å²) in [5.74, 6) is -1.11. The number of sulfonamides is 1. The normalized spacial score (nSPS) is 16.9. The smallest absolute Gasteiger partial charge is 0.512 e. The quantitative estimate of drug-likeness (QED) is 0.646. The molecular weight excluding hydrogens is 423 g/mol. The van der Waals surface area contributed by atoms with Gasteiger partial charge in [0.25, 0.3) is 5.79 Å². The maximum Gasteiger partial charge on any atom is 0.512 e. The molecule has 3 rings (SSSR count). The second kappa shape index (κ2) is 7.35. The standard InChI is InChI=1S/C16H14F3NO6S2/c17-16(18,19)28(23,24)20(27(21)22)11-10-15(12-6-2-1-3-7-12)25-13-8-4-5-9-14(13)26-15/h1-9H,10-11H2,(H,21,22)/p-1. The van der Waals surface area contributed by atoms with Crippen LogP contribution in [0.4, 0.5) is 13.2 Å². The van der Waals surface area contributed by atoms with Crippen molar-refractivity contribution in [2.45, 2.75) is 17.7 Å². The molecule has 0 saturated heterocycles. The number of ether oxygens (including phenoxy) is 2. The number of hydrogen-bond donors (Lipinski definition) is 0. The molecule has 0 amide bonds. The average molecular weight is 436 g/mol. The molecule has 1 atom stereocenters. The van der Waals surface area contributed by atoms with Crippen molar-refractivity contribution in [2.75, 3.05) is 6.54 Å². The molecule has 2 aromatic rings. The van der Waals surface area contributed by atoms with Crippen molar-refractivity contribution in [1.82, 2.24) is 3.71 Å². The van der Waals surface area contributed by atoms with Crippen LogP contribution in [0, 0.1) is 0 Å². The van der Waals surface area contributed by atoms with E-state index in [0.717, 1.165) is 0 Å². The summed E-state index contributed by atoms with van der Waals surface area (Å²) in [5.41, 5.74) is -5.39. The van der Waals surface area contributed by atoms with Crippen LogP contribution in [0.1, 0.15) is 12.0 Å². The second-order valence-corrected chi connectivity index (χ2v) is 8.67. The average Bonchev–Trinajstić information content (AvgIpc) is 3.01. The Morgan fingerprint density at radius 1 is 1.00 bits per heavy atom. The van der Waals surface area contributed by atoms with Crippen molar-refractivity contribution < 1.29 is 39.8 Å². The summed E-state index contributed by atoms with van der Waals surface area (Å²) in [4.78, 5) is 0. The van der Waals surface area contributed by atoms with Crippen LogP contribution in [0.3, 0.4) is 0 Å². The van der Waals surface area contributed by atoms with Gasteiger partial charge in [0, 0.05) is 29.8 Å². The zero-order valence-corrected chi connectivity index (χ0v) is 15.6. The molecule has 0 spiro atoms. The highest BCUT2D eigenvalue weighted by Gasteiger charge is 2.52. The molecule has 2 aromatic carbocycles. The van der Waals surface area contributed by atoms with Gasteiger partial charge in [0.2, 0.25) is 0 Å². The van der Waals surface area contributed by atoms with Gasteiger partial charge in [-0.25, -0.2) is 8.42 Å². The molecule has 1 aliphatic rings. The molecule has 28 heavy (non-hydrogen) atoms. The SMILES string of the molecule is O=S([O-])N(CCC1(c2ccccc2)Oc2ccccc2O1)S(=O)(=O)C(F)(F)F. The molecule has 0 fully saturated rings. The molecule has 0 radical (unpaired) electrons. The van der Waals surface area contributed by atoms with Gasteiger partial charge in [-0.15, -0.1) is 3.71 Å². The Morgan fingerprint density at radius 2 is 1.50 bits per heavy atom. The van der Waals surface area contributed by atoms with Gasteiger partial charge in [-0.2, -0.15) is 13.2 Å². The molecule has 12 heteroatoms. The van der Waals surface area contributed by atoms with Gasteiger partial charge in [0.15, 0.2) is 11.5 Å². The number of hydrogen-bond acceptors (Lipinski definition) is 6. The van der Waals surface area contributed by atoms with E-state index in [1.807, 2.05) is 0 Å². The van der Waals surface area contributed by atoms with Crippen LogP contribution in [-0.4, -0.2) is 32.9 Å². The Kier molecular flexibility index (Phi) is 5.40. The lowest BCUT2D eigenvalue weighted by molar-refractivity contribution is -0.0942. The fraction of sp³-hybridized carbons (Fsp3) is 0.250. The van der Waals surface area contributed by atoms with E-state index in [0.29, 0.717) is 17.1 Å². The van der Waals surface area contributed by atoms with Crippen molar-refractivity contribution >= 4 is 21.3 Å². The molecule has 0 saturated carbocycles. The minimum absolute atomic E-state index is 0.292. The van der Waals surface area contributed by atoms with Crippen LogP contribution in [0.2, 0.25) is 0 Å². The highest BCUT2D eigenvalue weighted by atomic mass is 32.3. The number of halogens is 3. The molecule has 0 aliphatic carbocycles. The molecule has 0 bridgehead atoms. The number of para-hydroxylation sites is 2. The van der Waals surface area contributed by atoms with Gasteiger partial charge >= 0.3 is 15.5 Å². The second-order valence-electron chi connectivity index (χ2n) is 5.71. The van der Waals surface area contributed by atoms with E-state index in [2.05, 4.69) is 0 Å². The maximum absolute atomic E-state index is 12.8. The van der Waals surface area contributed by atoms with Crippen molar-refractivity contribution in [3.63, 3.8) is 0 Å². The summed E-state index contributed by atoms with van der Waals surface area (Å²) < 4.78 is 95.0. The van der Waals surface area contributed by atoms with Gasteiger partial charge in [-0.3, -0.25) is 4.21 Å². The van der Waals surface area contributed by atoms with Gasteiger partial charge in [0.05, 0.1) is 0 Å². The van der Waals surface area contributed by atoms with E-state index < -0.39 is 49.3 Å².